The monoisotopic (exact) mass is 338 g/mol. The lowest BCUT2D eigenvalue weighted by molar-refractivity contribution is 0.123. The maximum absolute atomic E-state index is 5.44. The van der Waals surface area contributed by atoms with Crippen molar-refractivity contribution in [3.05, 3.63) is 48.7 Å². The second-order valence-electron chi connectivity index (χ2n) is 5.35. The SMILES string of the molecule is C=CNCC(Cc1ccccc1)NCCC[Si](OC)(OC)OC. The van der Waals surface area contributed by atoms with Gasteiger partial charge in [-0.1, -0.05) is 36.9 Å². The van der Waals surface area contributed by atoms with Gasteiger partial charge in [0.05, 0.1) is 0 Å². The molecule has 5 nitrogen and oxygen atoms in total. The van der Waals surface area contributed by atoms with Crippen LogP contribution < -0.4 is 10.6 Å². The zero-order chi connectivity index (χ0) is 17.0. The van der Waals surface area contributed by atoms with E-state index >= 15 is 0 Å². The summed E-state index contributed by atoms with van der Waals surface area (Å²) in [7, 11) is 2.49. The predicted octanol–water partition coefficient (Wildman–Crippen LogP) is 2.19. The molecule has 1 atom stereocenters. The van der Waals surface area contributed by atoms with Crippen molar-refractivity contribution >= 4 is 8.80 Å². The summed E-state index contributed by atoms with van der Waals surface area (Å²) >= 11 is 0. The summed E-state index contributed by atoms with van der Waals surface area (Å²) in [5, 5.41) is 6.79. The summed E-state index contributed by atoms with van der Waals surface area (Å²) in [5.74, 6) is 0. The van der Waals surface area contributed by atoms with Gasteiger partial charge < -0.3 is 23.9 Å². The molecule has 1 unspecified atom stereocenters. The lowest BCUT2D eigenvalue weighted by Gasteiger charge is -2.25. The molecule has 0 aliphatic carbocycles. The second kappa shape index (κ2) is 11.4. The van der Waals surface area contributed by atoms with Gasteiger partial charge in [0.15, 0.2) is 0 Å². The van der Waals surface area contributed by atoms with Crippen molar-refractivity contribution in [3.63, 3.8) is 0 Å². The lowest BCUT2D eigenvalue weighted by Crippen LogP contribution is -2.44. The van der Waals surface area contributed by atoms with Crippen molar-refractivity contribution in [2.75, 3.05) is 34.4 Å². The molecular weight excluding hydrogens is 308 g/mol. The minimum absolute atomic E-state index is 0.346. The highest BCUT2D eigenvalue weighted by molar-refractivity contribution is 6.60. The molecule has 1 aromatic carbocycles. The Kier molecular flexibility index (Phi) is 9.82. The van der Waals surface area contributed by atoms with Crippen LogP contribution in [0, 0.1) is 0 Å². The quantitative estimate of drug-likeness (QED) is 0.426. The molecule has 0 amide bonds. The van der Waals surface area contributed by atoms with E-state index in [1.54, 1.807) is 27.5 Å². The first kappa shape index (κ1) is 19.9. The lowest BCUT2D eigenvalue weighted by atomic mass is 10.1. The van der Waals surface area contributed by atoms with E-state index in [4.69, 9.17) is 13.3 Å². The van der Waals surface area contributed by atoms with Crippen LogP contribution in [-0.2, 0) is 19.7 Å². The average molecular weight is 339 g/mol. The normalized spacial score (nSPS) is 12.8. The van der Waals surface area contributed by atoms with E-state index in [1.807, 2.05) is 6.07 Å². The van der Waals surface area contributed by atoms with Crippen LogP contribution in [0.25, 0.3) is 0 Å². The Morgan fingerprint density at radius 3 is 2.35 bits per heavy atom. The van der Waals surface area contributed by atoms with Crippen molar-refractivity contribution in [1.29, 1.82) is 0 Å². The van der Waals surface area contributed by atoms with Crippen molar-refractivity contribution in [1.82, 2.24) is 10.6 Å². The predicted molar refractivity (Wildman–Crippen MR) is 96.3 cm³/mol. The molecule has 0 spiro atoms. The maximum Gasteiger partial charge on any atom is 0.500 e. The number of hydrogen-bond acceptors (Lipinski definition) is 5. The van der Waals surface area contributed by atoms with E-state index in [1.165, 1.54) is 5.56 Å². The minimum Gasteiger partial charge on any atom is -0.390 e. The molecule has 0 aliphatic heterocycles. The Hall–Kier alpha value is -1.18. The summed E-state index contributed by atoms with van der Waals surface area (Å²) in [6, 6.07) is 11.6. The molecule has 6 heteroatoms. The average Bonchev–Trinajstić information content (AvgIpc) is 2.61. The third-order valence-electron chi connectivity index (χ3n) is 3.86. The first-order valence-corrected chi connectivity index (χ1v) is 9.90. The third kappa shape index (κ3) is 7.28. The molecule has 0 saturated carbocycles. The molecule has 0 heterocycles. The van der Waals surface area contributed by atoms with Gasteiger partial charge in [-0.25, -0.2) is 0 Å². The van der Waals surface area contributed by atoms with Gasteiger partial charge in [0, 0.05) is 40.0 Å². The third-order valence-corrected chi connectivity index (χ3v) is 6.69. The van der Waals surface area contributed by atoms with Crippen LogP contribution in [0.3, 0.4) is 0 Å². The van der Waals surface area contributed by atoms with Gasteiger partial charge >= 0.3 is 8.80 Å². The standard InChI is InChI=1S/C17H30N2O3Si/c1-5-18-15-17(14-16-10-7-6-8-11-16)19-12-9-13-23(20-2,21-3)22-4/h5-8,10-11,17-19H,1,9,12-15H2,2-4H3. The van der Waals surface area contributed by atoms with Gasteiger partial charge in [0.25, 0.3) is 0 Å². The zero-order valence-corrected chi connectivity index (χ0v) is 15.5. The molecule has 0 bridgehead atoms. The highest BCUT2D eigenvalue weighted by Gasteiger charge is 2.36. The fraction of sp³-hybridized carbons (Fsp3) is 0.529. The van der Waals surface area contributed by atoms with Crippen molar-refractivity contribution in [2.24, 2.45) is 0 Å². The van der Waals surface area contributed by atoms with Crippen molar-refractivity contribution in [2.45, 2.75) is 24.9 Å². The molecule has 0 saturated heterocycles. The van der Waals surface area contributed by atoms with Gasteiger partial charge in [0.1, 0.15) is 0 Å². The summed E-state index contributed by atoms with van der Waals surface area (Å²) in [6.07, 6.45) is 3.66. The molecule has 23 heavy (non-hydrogen) atoms. The Morgan fingerprint density at radius 1 is 1.13 bits per heavy atom. The number of nitrogens with one attached hydrogen (secondary N) is 2. The highest BCUT2D eigenvalue weighted by Crippen LogP contribution is 2.14. The molecule has 0 radical (unpaired) electrons. The van der Waals surface area contributed by atoms with Crippen LogP contribution in [0.2, 0.25) is 6.04 Å². The van der Waals surface area contributed by atoms with Gasteiger partial charge in [0.2, 0.25) is 0 Å². The van der Waals surface area contributed by atoms with Crippen LogP contribution in [0.15, 0.2) is 43.1 Å². The molecule has 0 aromatic heterocycles. The molecule has 0 fully saturated rings. The Morgan fingerprint density at radius 2 is 1.78 bits per heavy atom. The van der Waals surface area contributed by atoms with E-state index in [-0.39, 0.29) is 0 Å². The van der Waals surface area contributed by atoms with E-state index in [2.05, 4.69) is 41.5 Å². The summed E-state index contributed by atoms with van der Waals surface area (Å²) in [5.41, 5.74) is 1.32. The van der Waals surface area contributed by atoms with E-state index < -0.39 is 8.80 Å². The fourth-order valence-electron chi connectivity index (χ4n) is 2.51. The Bertz CT molecular complexity index is 419. The van der Waals surface area contributed by atoms with E-state index in [9.17, 15) is 0 Å². The number of hydrogen-bond donors (Lipinski definition) is 2. The fourth-order valence-corrected chi connectivity index (χ4v) is 4.23. The number of rotatable bonds is 13. The summed E-state index contributed by atoms with van der Waals surface area (Å²) in [4.78, 5) is 0. The van der Waals surface area contributed by atoms with Crippen LogP contribution >= 0.6 is 0 Å². The van der Waals surface area contributed by atoms with E-state index in [0.717, 1.165) is 32.0 Å². The molecule has 130 valence electrons. The summed E-state index contributed by atoms with van der Waals surface area (Å²) < 4.78 is 16.3. The smallest absolute Gasteiger partial charge is 0.390 e. The minimum atomic E-state index is -2.46. The number of benzene rings is 1. The topological polar surface area (TPSA) is 51.8 Å². The summed E-state index contributed by atoms with van der Waals surface area (Å²) in [6.45, 7) is 5.46. The molecule has 1 rings (SSSR count). The second-order valence-corrected chi connectivity index (χ2v) is 8.44. The first-order chi connectivity index (χ1) is 11.2. The molecule has 1 aromatic rings. The van der Waals surface area contributed by atoms with Gasteiger partial charge in [-0.05, 0) is 31.1 Å². The van der Waals surface area contributed by atoms with Crippen molar-refractivity contribution in [3.8, 4) is 0 Å². The van der Waals surface area contributed by atoms with Crippen LogP contribution in [0.4, 0.5) is 0 Å². The zero-order valence-electron chi connectivity index (χ0n) is 14.5. The molecule has 0 aliphatic rings. The largest absolute Gasteiger partial charge is 0.500 e. The van der Waals surface area contributed by atoms with Gasteiger partial charge in [-0.15, -0.1) is 0 Å². The molecular formula is C17H30N2O3Si. The van der Waals surface area contributed by atoms with Crippen LogP contribution in [0.5, 0.6) is 0 Å². The van der Waals surface area contributed by atoms with Crippen LogP contribution in [0.1, 0.15) is 12.0 Å². The molecule has 2 N–H and O–H groups in total. The Balaban J connectivity index is 2.43. The highest BCUT2D eigenvalue weighted by atomic mass is 28.4. The Labute approximate surface area is 141 Å². The van der Waals surface area contributed by atoms with Crippen molar-refractivity contribution < 1.29 is 13.3 Å². The van der Waals surface area contributed by atoms with Gasteiger partial charge in [-0.2, -0.15) is 0 Å². The van der Waals surface area contributed by atoms with Gasteiger partial charge in [-0.3, -0.25) is 0 Å². The first-order valence-electron chi connectivity index (χ1n) is 7.96. The van der Waals surface area contributed by atoms with E-state index in [0.29, 0.717) is 6.04 Å². The maximum atomic E-state index is 5.44. The van der Waals surface area contributed by atoms with Crippen LogP contribution in [-0.4, -0.2) is 49.3 Å².